The van der Waals surface area contributed by atoms with Gasteiger partial charge in [-0.3, -0.25) is 4.79 Å². The molecule has 13 heavy (non-hydrogen) atoms. The highest BCUT2D eigenvalue weighted by atomic mass is 16.5. The Morgan fingerprint density at radius 1 is 1.46 bits per heavy atom. The predicted octanol–water partition coefficient (Wildman–Crippen LogP) is 1.11. The molecule has 1 heterocycles. The molecule has 0 atom stereocenters. The van der Waals surface area contributed by atoms with Crippen LogP contribution in [0.5, 0.6) is 0 Å². The Bertz CT molecular complexity index is 159. The summed E-state index contributed by atoms with van der Waals surface area (Å²) >= 11 is 0. The topological polar surface area (TPSA) is 48.6 Å². The monoisotopic (exact) mass is 186 g/mol. The molecule has 0 N–H and O–H groups in total. The first-order valence-electron chi connectivity index (χ1n) is 4.61. The number of carbonyl (C=O) groups excluding carboxylic acids is 1. The molecule has 0 amide bonds. The van der Waals surface area contributed by atoms with Crippen LogP contribution in [0, 0.1) is 0 Å². The van der Waals surface area contributed by atoms with E-state index >= 15 is 0 Å². The van der Waals surface area contributed by atoms with Gasteiger partial charge in [-0.15, -0.1) is 0 Å². The molecule has 0 aliphatic carbocycles. The van der Waals surface area contributed by atoms with E-state index in [1.165, 1.54) is 25.9 Å². The third kappa shape index (κ3) is 5.53. The highest BCUT2D eigenvalue weighted by Crippen LogP contribution is 2.15. The summed E-state index contributed by atoms with van der Waals surface area (Å²) in [7, 11) is 2.28. The molecule has 1 aliphatic rings. The molecular formula is C9H18N2O2. The maximum absolute atomic E-state index is 8.24. The standard InChI is InChI=1S/C8H18NO.CNO/c1-3-10-8-9(2)6-4-5-7-9;2-1-3/h3-8H2,1-2H3;/q+1;-1. The Balaban J connectivity index is 0.000000424. The molecule has 1 saturated heterocycles. The fourth-order valence-electron chi connectivity index (χ4n) is 1.54. The molecule has 1 aliphatic heterocycles. The highest BCUT2D eigenvalue weighted by Gasteiger charge is 2.26. The van der Waals surface area contributed by atoms with E-state index in [9.17, 15) is 0 Å². The van der Waals surface area contributed by atoms with Crippen molar-refractivity contribution in [2.75, 3.05) is 33.5 Å². The van der Waals surface area contributed by atoms with E-state index < -0.39 is 0 Å². The van der Waals surface area contributed by atoms with Gasteiger partial charge in [0.15, 0.2) is 6.73 Å². The van der Waals surface area contributed by atoms with E-state index in [2.05, 4.69) is 14.0 Å². The molecule has 0 spiro atoms. The summed E-state index contributed by atoms with van der Waals surface area (Å²) in [6.45, 7) is 6.44. The Morgan fingerprint density at radius 3 is 2.31 bits per heavy atom. The first kappa shape index (κ1) is 12.3. The number of ether oxygens (including phenoxy) is 1. The summed E-state index contributed by atoms with van der Waals surface area (Å²) in [6.07, 6.45) is 3.26. The van der Waals surface area contributed by atoms with Crippen molar-refractivity contribution >= 4 is 6.08 Å². The lowest BCUT2D eigenvalue weighted by atomic mass is 10.4. The normalized spacial score (nSPS) is 18.6. The minimum atomic E-state index is 0.500. The van der Waals surface area contributed by atoms with Crippen molar-refractivity contribution in [1.82, 2.24) is 0 Å². The second-order valence-electron chi connectivity index (χ2n) is 3.49. The van der Waals surface area contributed by atoms with Gasteiger partial charge in [-0.25, -0.2) is 0 Å². The van der Waals surface area contributed by atoms with E-state index in [1.807, 2.05) is 0 Å². The fraction of sp³-hybridized carbons (Fsp3) is 0.889. The molecule has 0 radical (unpaired) electrons. The summed E-state index contributed by atoms with van der Waals surface area (Å²) in [5.41, 5.74) is 0. The van der Waals surface area contributed by atoms with Gasteiger partial charge in [0.2, 0.25) is 0 Å². The van der Waals surface area contributed by atoms with Gasteiger partial charge in [0.05, 0.1) is 20.1 Å². The third-order valence-electron chi connectivity index (χ3n) is 2.25. The predicted molar refractivity (Wildman–Crippen MR) is 50.7 cm³/mol. The summed E-state index contributed by atoms with van der Waals surface area (Å²) in [5, 5.41) is 6.76. The van der Waals surface area contributed by atoms with Gasteiger partial charge in [0.25, 0.3) is 0 Å². The number of quaternary nitrogens is 1. The van der Waals surface area contributed by atoms with Crippen LogP contribution in [0.1, 0.15) is 19.8 Å². The van der Waals surface area contributed by atoms with Gasteiger partial charge >= 0.3 is 0 Å². The molecule has 0 bridgehead atoms. The number of nitrogens with zero attached hydrogens (tertiary/aromatic N) is 2. The van der Waals surface area contributed by atoms with Crippen molar-refractivity contribution < 1.29 is 14.0 Å². The van der Waals surface area contributed by atoms with E-state index in [0.717, 1.165) is 17.8 Å². The van der Waals surface area contributed by atoms with Crippen molar-refractivity contribution in [3.8, 4) is 0 Å². The van der Waals surface area contributed by atoms with E-state index in [4.69, 9.17) is 14.9 Å². The van der Waals surface area contributed by atoms with Gasteiger partial charge in [-0.2, -0.15) is 0 Å². The molecule has 4 heteroatoms. The van der Waals surface area contributed by atoms with Crippen LogP contribution in [0.25, 0.3) is 5.41 Å². The van der Waals surface area contributed by atoms with Crippen molar-refractivity contribution in [1.29, 1.82) is 0 Å². The van der Waals surface area contributed by atoms with Crippen molar-refractivity contribution in [3.05, 3.63) is 5.41 Å². The van der Waals surface area contributed by atoms with Crippen LogP contribution in [-0.4, -0.2) is 44.0 Å². The average Bonchev–Trinajstić information content (AvgIpc) is 2.51. The van der Waals surface area contributed by atoms with Crippen LogP contribution in [0.2, 0.25) is 0 Å². The highest BCUT2D eigenvalue weighted by molar-refractivity contribution is 5.36. The minimum absolute atomic E-state index is 0.500. The van der Waals surface area contributed by atoms with Gasteiger partial charge in [-0.05, 0) is 13.0 Å². The average molecular weight is 186 g/mol. The molecular weight excluding hydrogens is 168 g/mol. The number of hydrogen-bond donors (Lipinski definition) is 0. The van der Waals surface area contributed by atoms with Crippen molar-refractivity contribution in [3.63, 3.8) is 0 Å². The Morgan fingerprint density at radius 2 is 1.92 bits per heavy atom. The fourth-order valence-corrected chi connectivity index (χ4v) is 1.54. The summed E-state index contributed by atoms with van der Waals surface area (Å²) < 4.78 is 6.53. The maximum atomic E-state index is 8.24. The molecule has 0 unspecified atom stereocenters. The Labute approximate surface area is 79.6 Å². The number of rotatable bonds is 3. The zero-order chi connectivity index (χ0) is 10.2. The van der Waals surface area contributed by atoms with Gasteiger partial charge in [0.1, 0.15) is 0 Å². The van der Waals surface area contributed by atoms with Crippen molar-refractivity contribution in [2.24, 2.45) is 0 Å². The molecule has 0 saturated carbocycles. The summed E-state index contributed by atoms with van der Waals surface area (Å²) in [6, 6.07) is 0. The van der Waals surface area contributed by atoms with Crippen LogP contribution in [0.3, 0.4) is 0 Å². The lowest BCUT2D eigenvalue weighted by Gasteiger charge is -2.27. The van der Waals surface area contributed by atoms with Crippen LogP contribution >= 0.6 is 0 Å². The molecule has 0 aromatic rings. The molecule has 0 aromatic carbocycles. The number of isocyanates is 1. The van der Waals surface area contributed by atoms with Crippen LogP contribution in [0.4, 0.5) is 0 Å². The smallest absolute Gasteiger partial charge is 0.182 e. The number of hydrogen-bond acceptors (Lipinski definition) is 2. The second kappa shape index (κ2) is 6.78. The first-order chi connectivity index (χ1) is 6.18. The van der Waals surface area contributed by atoms with E-state index in [0.29, 0.717) is 6.08 Å². The van der Waals surface area contributed by atoms with Crippen LogP contribution < -0.4 is 0 Å². The SMILES string of the molecule is CCOC[N+]1(C)CCCC1.[N-]=C=O. The van der Waals surface area contributed by atoms with E-state index in [1.54, 1.807) is 0 Å². The lowest BCUT2D eigenvalue weighted by Crippen LogP contribution is -2.42. The van der Waals surface area contributed by atoms with E-state index in [-0.39, 0.29) is 0 Å². The Hall–Kier alpha value is -0.700. The lowest BCUT2D eigenvalue weighted by molar-refractivity contribution is -0.916. The van der Waals surface area contributed by atoms with Crippen LogP contribution in [0.15, 0.2) is 0 Å². The van der Waals surface area contributed by atoms with Gasteiger partial charge in [0, 0.05) is 19.4 Å². The van der Waals surface area contributed by atoms with Gasteiger partial charge in [-0.1, -0.05) is 0 Å². The Kier molecular flexibility index (Phi) is 6.41. The molecule has 1 rings (SSSR count). The quantitative estimate of drug-likeness (QED) is 0.376. The zero-order valence-corrected chi connectivity index (χ0v) is 8.45. The zero-order valence-electron chi connectivity index (χ0n) is 8.45. The third-order valence-corrected chi connectivity index (χ3v) is 2.25. The first-order valence-corrected chi connectivity index (χ1v) is 4.61. The molecule has 4 nitrogen and oxygen atoms in total. The van der Waals surface area contributed by atoms with Gasteiger partial charge < -0.3 is 14.6 Å². The minimum Gasteiger partial charge on any atom is -0.724 e. The summed E-state index contributed by atoms with van der Waals surface area (Å²) in [4.78, 5) is 8.24. The van der Waals surface area contributed by atoms with Crippen molar-refractivity contribution in [2.45, 2.75) is 19.8 Å². The summed E-state index contributed by atoms with van der Waals surface area (Å²) in [5.74, 6) is 0. The molecule has 1 fully saturated rings. The number of likely N-dealkylation sites (tertiary alicyclic amines) is 1. The van der Waals surface area contributed by atoms with Crippen LogP contribution in [-0.2, 0) is 9.53 Å². The second-order valence-corrected chi connectivity index (χ2v) is 3.49. The molecule has 0 aromatic heterocycles. The largest absolute Gasteiger partial charge is 0.724 e. The maximum Gasteiger partial charge on any atom is 0.182 e. The molecule has 76 valence electrons.